The van der Waals surface area contributed by atoms with Crippen molar-refractivity contribution in [1.29, 1.82) is 0 Å². The molecule has 0 aliphatic carbocycles. The molecule has 1 aromatic rings. The zero-order valence-electron chi connectivity index (χ0n) is 12.0. The molecule has 6 heteroatoms. The molecule has 0 spiro atoms. The second-order valence-corrected chi connectivity index (χ2v) is 6.76. The minimum Gasteiger partial charge on any atom is -0.398 e. The molecule has 0 aromatic heterocycles. The summed E-state index contributed by atoms with van der Waals surface area (Å²) in [5, 5.41) is 0. The quantitative estimate of drug-likeness (QED) is 0.770. The molecule has 5 nitrogen and oxygen atoms in total. The van der Waals surface area contributed by atoms with E-state index in [1.165, 1.54) is 6.07 Å². The Morgan fingerprint density at radius 3 is 2.53 bits per heavy atom. The number of hydrogen-bond donors (Lipinski definition) is 2. The summed E-state index contributed by atoms with van der Waals surface area (Å²) in [5.74, 6) is 0. The van der Waals surface area contributed by atoms with Gasteiger partial charge in [0.2, 0.25) is 10.0 Å². The number of nitrogens with two attached hydrogens (primary N) is 1. The molecule has 0 amide bonds. The van der Waals surface area contributed by atoms with Crippen LogP contribution in [0.1, 0.15) is 19.4 Å². The fraction of sp³-hybridized carbons (Fsp3) is 0.538. The third-order valence-corrected chi connectivity index (χ3v) is 4.66. The Bertz CT molecular complexity index is 527. The highest BCUT2D eigenvalue weighted by Crippen LogP contribution is 2.16. The standard InChI is InChI=1S/C13H23N3O2S/c1-10(2)16(4)8-7-15-19(17,18)12-6-5-11(3)13(14)9-12/h5-6,9-10,15H,7-8,14H2,1-4H3. The first kappa shape index (κ1) is 15.9. The van der Waals surface area contributed by atoms with Crippen molar-refractivity contribution in [1.82, 2.24) is 9.62 Å². The van der Waals surface area contributed by atoms with Crippen molar-refractivity contribution in [3.8, 4) is 0 Å². The molecular weight excluding hydrogens is 262 g/mol. The Balaban J connectivity index is 2.68. The SMILES string of the molecule is Cc1ccc(S(=O)(=O)NCCN(C)C(C)C)cc1N. The predicted octanol–water partition coefficient (Wildman–Crippen LogP) is 1.20. The Hall–Kier alpha value is -1.11. The molecule has 3 N–H and O–H groups in total. The molecule has 0 fully saturated rings. The van der Waals surface area contributed by atoms with Crippen LogP contribution < -0.4 is 10.5 Å². The van der Waals surface area contributed by atoms with Crippen molar-refractivity contribution in [2.24, 2.45) is 0 Å². The Kier molecular flexibility index (Phi) is 5.34. The summed E-state index contributed by atoms with van der Waals surface area (Å²) < 4.78 is 26.7. The van der Waals surface area contributed by atoms with Gasteiger partial charge in [-0.05, 0) is 45.5 Å². The van der Waals surface area contributed by atoms with E-state index in [0.717, 1.165) is 5.56 Å². The summed E-state index contributed by atoms with van der Waals surface area (Å²) in [4.78, 5) is 2.29. The van der Waals surface area contributed by atoms with Crippen LogP contribution in [-0.4, -0.2) is 39.5 Å². The number of nitrogens with one attached hydrogen (secondary N) is 1. The maximum Gasteiger partial charge on any atom is 0.240 e. The number of sulfonamides is 1. The van der Waals surface area contributed by atoms with Gasteiger partial charge in [0.15, 0.2) is 0 Å². The summed E-state index contributed by atoms with van der Waals surface area (Å²) in [6, 6.07) is 5.16. The highest BCUT2D eigenvalue weighted by molar-refractivity contribution is 7.89. The number of anilines is 1. The molecule has 108 valence electrons. The van der Waals surface area contributed by atoms with Gasteiger partial charge in [0.25, 0.3) is 0 Å². The molecule has 0 bridgehead atoms. The summed E-state index contributed by atoms with van der Waals surface area (Å²) in [6.07, 6.45) is 0. The smallest absolute Gasteiger partial charge is 0.240 e. The van der Waals surface area contributed by atoms with Gasteiger partial charge < -0.3 is 10.6 Å². The first-order chi connectivity index (χ1) is 8.74. The van der Waals surface area contributed by atoms with Crippen LogP contribution in [0, 0.1) is 6.92 Å². The number of benzene rings is 1. The Labute approximate surface area is 115 Å². The van der Waals surface area contributed by atoms with Crippen LogP contribution in [0.15, 0.2) is 23.1 Å². The van der Waals surface area contributed by atoms with Gasteiger partial charge >= 0.3 is 0 Å². The first-order valence-corrected chi connectivity index (χ1v) is 7.78. The third kappa shape index (κ3) is 4.49. The van der Waals surface area contributed by atoms with E-state index in [1.54, 1.807) is 12.1 Å². The van der Waals surface area contributed by atoms with Gasteiger partial charge in [-0.3, -0.25) is 0 Å². The molecule has 0 saturated heterocycles. The molecule has 19 heavy (non-hydrogen) atoms. The van der Waals surface area contributed by atoms with E-state index >= 15 is 0 Å². The molecule has 1 aromatic carbocycles. The minimum atomic E-state index is -3.48. The third-order valence-electron chi connectivity index (χ3n) is 3.20. The molecule has 0 atom stereocenters. The second kappa shape index (κ2) is 6.36. The van der Waals surface area contributed by atoms with E-state index in [4.69, 9.17) is 5.73 Å². The number of aryl methyl sites for hydroxylation is 1. The number of likely N-dealkylation sites (N-methyl/N-ethyl adjacent to an activating group) is 1. The van der Waals surface area contributed by atoms with Crippen LogP contribution in [0.25, 0.3) is 0 Å². The van der Waals surface area contributed by atoms with Crippen LogP contribution in [0.2, 0.25) is 0 Å². The lowest BCUT2D eigenvalue weighted by atomic mass is 10.2. The van der Waals surface area contributed by atoms with Gasteiger partial charge in [-0.2, -0.15) is 0 Å². The van der Waals surface area contributed by atoms with Crippen molar-refractivity contribution < 1.29 is 8.42 Å². The highest BCUT2D eigenvalue weighted by Gasteiger charge is 2.14. The molecule has 0 aliphatic rings. The molecule has 0 heterocycles. The summed E-state index contributed by atoms with van der Waals surface area (Å²) in [6.45, 7) is 7.02. The van der Waals surface area contributed by atoms with Crippen molar-refractivity contribution in [2.45, 2.75) is 31.7 Å². The van der Waals surface area contributed by atoms with E-state index in [-0.39, 0.29) is 4.90 Å². The van der Waals surface area contributed by atoms with E-state index in [2.05, 4.69) is 23.5 Å². The van der Waals surface area contributed by atoms with Crippen molar-refractivity contribution in [3.05, 3.63) is 23.8 Å². The number of nitrogens with zero attached hydrogens (tertiary/aromatic N) is 1. The lowest BCUT2D eigenvalue weighted by Crippen LogP contribution is -2.36. The monoisotopic (exact) mass is 285 g/mol. The number of nitrogen functional groups attached to an aromatic ring is 1. The zero-order valence-corrected chi connectivity index (χ0v) is 12.8. The van der Waals surface area contributed by atoms with Gasteiger partial charge in [0.1, 0.15) is 0 Å². The van der Waals surface area contributed by atoms with Crippen molar-refractivity contribution in [3.63, 3.8) is 0 Å². The number of rotatable bonds is 6. The van der Waals surface area contributed by atoms with Gasteiger partial charge in [0.05, 0.1) is 4.90 Å². The van der Waals surface area contributed by atoms with E-state index in [0.29, 0.717) is 24.8 Å². The normalized spacial score (nSPS) is 12.3. The lowest BCUT2D eigenvalue weighted by molar-refractivity contribution is 0.278. The molecule has 0 unspecified atom stereocenters. The molecular formula is C13H23N3O2S. The maximum absolute atomic E-state index is 12.1. The molecule has 1 rings (SSSR count). The molecule has 0 radical (unpaired) electrons. The van der Waals surface area contributed by atoms with Gasteiger partial charge in [0, 0.05) is 24.8 Å². The summed E-state index contributed by atoms with van der Waals surface area (Å²) in [7, 11) is -1.52. The Morgan fingerprint density at radius 1 is 1.37 bits per heavy atom. The minimum absolute atomic E-state index is 0.211. The van der Waals surface area contributed by atoms with Gasteiger partial charge in [-0.1, -0.05) is 6.07 Å². The maximum atomic E-state index is 12.1. The van der Waals surface area contributed by atoms with Crippen LogP contribution in [-0.2, 0) is 10.0 Å². The zero-order chi connectivity index (χ0) is 14.6. The van der Waals surface area contributed by atoms with E-state index in [1.807, 2.05) is 14.0 Å². The summed E-state index contributed by atoms with van der Waals surface area (Å²) >= 11 is 0. The molecule has 0 aliphatic heterocycles. The predicted molar refractivity (Wildman–Crippen MR) is 78.5 cm³/mol. The van der Waals surface area contributed by atoms with Gasteiger partial charge in [-0.25, -0.2) is 13.1 Å². The second-order valence-electron chi connectivity index (χ2n) is 4.99. The number of hydrogen-bond acceptors (Lipinski definition) is 4. The Morgan fingerprint density at radius 2 is 2.00 bits per heavy atom. The topological polar surface area (TPSA) is 75.4 Å². The molecule has 0 saturated carbocycles. The average Bonchev–Trinajstić information content (AvgIpc) is 2.32. The van der Waals surface area contributed by atoms with Crippen molar-refractivity contribution in [2.75, 3.05) is 25.9 Å². The highest BCUT2D eigenvalue weighted by atomic mass is 32.2. The van der Waals surface area contributed by atoms with Crippen LogP contribution in [0.3, 0.4) is 0 Å². The summed E-state index contributed by atoms with van der Waals surface area (Å²) in [5.41, 5.74) is 7.10. The lowest BCUT2D eigenvalue weighted by Gasteiger charge is -2.20. The van der Waals surface area contributed by atoms with Gasteiger partial charge in [-0.15, -0.1) is 0 Å². The van der Waals surface area contributed by atoms with Crippen LogP contribution in [0.4, 0.5) is 5.69 Å². The fourth-order valence-electron chi connectivity index (χ4n) is 1.48. The van der Waals surface area contributed by atoms with Crippen LogP contribution in [0.5, 0.6) is 0 Å². The first-order valence-electron chi connectivity index (χ1n) is 6.30. The fourth-order valence-corrected chi connectivity index (χ4v) is 2.54. The average molecular weight is 285 g/mol. The van der Waals surface area contributed by atoms with Crippen molar-refractivity contribution >= 4 is 15.7 Å². The van der Waals surface area contributed by atoms with Crippen LogP contribution >= 0.6 is 0 Å². The van der Waals surface area contributed by atoms with E-state index in [9.17, 15) is 8.42 Å². The van der Waals surface area contributed by atoms with E-state index < -0.39 is 10.0 Å². The largest absolute Gasteiger partial charge is 0.398 e.